The van der Waals surface area contributed by atoms with E-state index < -0.39 is 0 Å². The molecule has 0 aliphatic carbocycles. The molecule has 1 aliphatic rings. The van der Waals surface area contributed by atoms with Crippen LogP contribution in [0.15, 0.2) is 30.3 Å². The Morgan fingerprint density at radius 2 is 1.90 bits per heavy atom. The fourth-order valence-corrected chi connectivity index (χ4v) is 2.97. The molecular formula is C17H28N2O. The van der Waals surface area contributed by atoms with E-state index in [1.165, 1.54) is 18.4 Å². The Morgan fingerprint density at radius 3 is 2.50 bits per heavy atom. The number of rotatable bonds is 7. The van der Waals surface area contributed by atoms with Crippen LogP contribution in [0.5, 0.6) is 0 Å². The van der Waals surface area contributed by atoms with E-state index in [1.807, 2.05) is 0 Å². The molecular weight excluding hydrogens is 248 g/mol. The third-order valence-electron chi connectivity index (χ3n) is 4.03. The SMILES string of the molecule is CCNC(CN1CCC(OCC)CC1)c1ccccc1. The van der Waals surface area contributed by atoms with Gasteiger partial charge < -0.3 is 15.0 Å². The molecule has 1 aromatic carbocycles. The lowest BCUT2D eigenvalue weighted by Crippen LogP contribution is -2.41. The van der Waals surface area contributed by atoms with Gasteiger partial charge in [0.15, 0.2) is 0 Å². The molecule has 0 spiro atoms. The van der Waals surface area contributed by atoms with Crippen molar-refractivity contribution < 1.29 is 4.74 Å². The molecule has 1 fully saturated rings. The zero-order valence-electron chi connectivity index (χ0n) is 12.8. The summed E-state index contributed by atoms with van der Waals surface area (Å²) in [6.45, 7) is 9.51. The van der Waals surface area contributed by atoms with Gasteiger partial charge in [-0.1, -0.05) is 37.3 Å². The van der Waals surface area contributed by atoms with Gasteiger partial charge in [0.05, 0.1) is 6.10 Å². The van der Waals surface area contributed by atoms with Crippen molar-refractivity contribution in [2.24, 2.45) is 0 Å². The molecule has 1 aliphatic heterocycles. The van der Waals surface area contributed by atoms with Crippen LogP contribution in [0.1, 0.15) is 38.3 Å². The van der Waals surface area contributed by atoms with Crippen LogP contribution in [-0.2, 0) is 4.74 Å². The molecule has 2 rings (SSSR count). The van der Waals surface area contributed by atoms with E-state index in [2.05, 4.69) is 54.4 Å². The molecule has 1 unspecified atom stereocenters. The number of nitrogens with zero attached hydrogens (tertiary/aromatic N) is 1. The molecule has 1 heterocycles. The van der Waals surface area contributed by atoms with Gasteiger partial charge >= 0.3 is 0 Å². The Hall–Kier alpha value is -0.900. The van der Waals surface area contributed by atoms with Crippen LogP contribution in [0.4, 0.5) is 0 Å². The van der Waals surface area contributed by atoms with Crippen molar-refractivity contribution in [3.63, 3.8) is 0 Å². The second-order valence-corrected chi connectivity index (χ2v) is 5.48. The monoisotopic (exact) mass is 276 g/mol. The van der Waals surface area contributed by atoms with Gasteiger partial charge in [0, 0.05) is 32.3 Å². The van der Waals surface area contributed by atoms with Crippen LogP contribution in [0.2, 0.25) is 0 Å². The number of piperidine rings is 1. The zero-order chi connectivity index (χ0) is 14.2. The molecule has 20 heavy (non-hydrogen) atoms. The average molecular weight is 276 g/mol. The molecule has 0 saturated carbocycles. The minimum Gasteiger partial charge on any atom is -0.378 e. The van der Waals surface area contributed by atoms with Crippen molar-refractivity contribution in [3.8, 4) is 0 Å². The van der Waals surface area contributed by atoms with Crippen LogP contribution >= 0.6 is 0 Å². The summed E-state index contributed by atoms with van der Waals surface area (Å²) in [6.07, 6.45) is 2.81. The van der Waals surface area contributed by atoms with Crippen LogP contribution in [0, 0.1) is 0 Å². The van der Waals surface area contributed by atoms with E-state index in [1.54, 1.807) is 0 Å². The molecule has 0 bridgehead atoms. The summed E-state index contributed by atoms with van der Waals surface area (Å²) < 4.78 is 5.73. The number of likely N-dealkylation sites (tertiary alicyclic amines) is 1. The van der Waals surface area contributed by atoms with Crippen LogP contribution in [0.25, 0.3) is 0 Å². The number of hydrogen-bond acceptors (Lipinski definition) is 3. The maximum Gasteiger partial charge on any atom is 0.0599 e. The highest BCUT2D eigenvalue weighted by Crippen LogP contribution is 2.19. The van der Waals surface area contributed by atoms with Crippen molar-refractivity contribution >= 4 is 0 Å². The second-order valence-electron chi connectivity index (χ2n) is 5.48. The van der Waals surface area contributed by atoms with Gasteiger partial charge in [-0.15, -0.1) is 0 Å². The number of ether oxygens (including phenoxy) is 1. The molecule has 1 atom stereocenters. The first-order valence-corrected chi connectivity index (χ1v) is 7.95. The predicted octanol–water partition coefficient (Wildman–Crippen LogP) is 2.84. The maximum absolute atomic E-state index is 5.73. The molecule has 1 aromatic rings. The Morgan fingerprint density at radius 1 is 1.20 bits per heavy atom. The van der Waals surface area contributed by atoms with Crippen LogP contribution < -0.4 is 5.32 Å². The largest absolute Gasteiger partial charge is 0.378 e. The lowest BCUT2D eigenvalue weighted by Gasteiger charge is -2.34. The number of hydrogen-bond donors (Lipinski definition) is 1. The van der Waals surface area contributed by atoms with Gasteiger partial charge in [-0.2, -0.15) is 0 Å². The van der Waals surface area contributed by atoms with Gasteiger partial charge in [-0.3, -0.25) is 0 Å². The van der Waals surface area contributed by atoms with Gasteiger partial charge in [0.25, 0.3) is 0 Å². The quantitative estimate of drug-likeness (QED) is 0.829. The fourth-order valence-electron chi connectivity index (χ4n) is 2.97. The third kappa shape index (κ3) is 4.58. The Balaban J connectivity index is 1.87. The Labute approximate surface area is 123 Å². The maximum atomic E-state index is 5.73. The van der Waals surface area contributed by atoms with Gasteiger partial charge in [-0.05, 0) is 31.9 Å². The highest BCUT2D eigenvalue weighted by Gasteiger charge is 2.22. The summed E-state index contributed by atoms with van der Waals surface area (Å²) >= 11 is 0. The number of nitrogens with one attached hydrogen (secondary N) is 1. The first kappa shape index (κ1) is 15.5. The minimum atomic E-state index is 0.435. The standard InChI is InChI=1S/C17H28N2O/c1-3-18-17(15-8-6-5-7-9-15)14-19-12-10-16(11-13-19)20-4-2/h5-9,16-18H,3-4,10-14H2,1-2H3. The second kappa shape index (κ2) is 8.40. The molecule has 0 radical (unpaired) electrons. The van der Waals surface area contributed by atoms with Crippen molar-refractivity contribution in [1.29, 1.82) is 0 Å². The highest BCUT2D eigenvalue weighted by atomic mass is 16.5. The zero-order valence-corrected chi connectivity index (χ0v) is 12.8. The Kier molecular flexibility index (Phi) is 6.51. The summed E-state index contributed by atoms with van der Waals surface area (Å²) in [5, 5.41) is 3.61. The molecule has 112 valence electrons. The molecule has 3 nitrogen and oxygen atoms in total. The molecule has 0 amide bonds. The summed E-state index contributed by atoms with van der Waals surface area (Å²) in [5.41, 5.74) is 1.39. The van der Waals surface area contributed by atoms with Gasteiger partial charge in [0.1, 0.15) is 0 Å². The lowest BCUT2D eigenvalue weighted by molar-refractivity contribution is 0.0124. The third-order valence-corrected chi connectivity index (χ3v) is 4.03. The number of likely N-dealkylation sites (N-methyl/N-ethyl adjacent to an activating group) is 1. The summed E-state index contributed by atoms with van der Waals surface area (Å²) in [5.74, 6) is 0. The van der Waals surface area contributed by atoms with Crippen LogP contribution in [0.3, 0.4) is 0 Å². The lowest BCUT2D eigenvalue weighted by atomic mass is 10.0. The first-order valence-electron chi connectivity index (χ1n) is 7.95. The van der Waals surface area contributed by atoms with Gasteiger partial charge in [0.2, 0.25) is 0 Å². The average Bonchev–Trinajstić information content (AvgIpc) is 2.50. The summed E-state index contributed by atoms with van der Waals surface area (Å²) in [6, 6.07) is 11.2. The summed E-state index contributed by atoms with van der Waals surface area (Å²) in [4.78, 5) is 2.57. The van der Waals surface area contributed by atoms with Gasteiger partial charge in [-0.25, -0.2) is 0 Å². The highest BCUT2D eigenvalue weighted by molar-refractivity contribution is 5.19. The van der Waals surface area contributed by atoms with E-state index >= 15 is 0 Å². The normalized spacial score (nSPS) is 19.1. The van der Waals surface area contributed by atoms with E-state index in [0.717, 1.165) is 32.8 Å². The number of benzene rings is 1. The molecule has 1 N–H and O–H groups in total. The topological polar surface area (TPSA) is 24.5 Å². The smallest absolute Gasteiger partial charge is 0.0599 e. The predicted molar refractivity (Wildman–Crippen MR) is 83.9 cm³/mol. The van der Waals surface area contributed by atoms with Crippen molar-refractivity contribution in [2.75, 3.05) is 32.8 Å². The van der Waals surface area contributed by atoms with E-state index in [0.29, 0.717) is 12.1 Å². The molecule has 3 heteroatoms. The van der Waals surface area contributed by atoms with Crippen LogP contribution in [-0.4, -0.2) is 43.8 Å². The van der Waals surface area contributed by atoms with E-state index in [9.17, 15) is 0 Å². The van der Waals surface area contributed by atoms with Crippen molar-refractivity contribution in [3.05, 3.63) is 35.9 Å². The first-order chi connectivity index (χ1) is 9.83. The fraction of sp³-hybridized carbons (Fsp3) is 0.647. The molecule has 1 saturated heterocycles. The molecule has 0 aromatic heterocycles. The minimum absolute atomic E-state index is 0.435. The summed E-state index contributed by atoms with van der Waals surface area (Å²) in [7, 11) is 0. The Bertz CT molecular complexity index is 361. The van der Waals surface area contributed by atoms with E-state index in [-0.39, 0.29) is 0 Å². The van der Waals surface area contributed by atoms with Crippen molar-refractivity contribution in [2.45, 2.75) is 38.8 Å². The van der Waals surface area contributed by atoms with E-state index in [4.69, 9.17) is 4.74 Å². The van der Waals surface area contributed by atoms with Crippen molar-refractivity contribution in [1.82, 2.24) is 10.2 Å².